The number of esters is 4. The number of benzene rings is 6. The molecule has 16 atom stereocenters. The van der Waals surface area contributed by atoms with Crippen molar-refractivity contribution in [1.29, 1.82) is 0 Å². The van der Waals surface area contributed by atoms with Gasteiger partial charge in [0.1, 0.15) is 54.6 Å². The summed E-state index contributed by atoms with van der Waals surface area (Å²) in [5, 5.41) is 47.0. The number of imide groups is 1. The SMILES string of the molecule is O=C(CCN1C(=O)c2ccccc2C1=O)OC1C(O)C=C2CCN3Cc4cc5c(cc4C1C23)OCO5.O=C(CCc1c[nH]c2ccccc12)OC1C(O)C=C2CCN3Cc4cc5c(cc4C1C23)OCO5.O=C(CCc1ccco1)OC1C(O)C=C2CCN3Cc4cc5c(cc4C1C23)OCO5.O=C(CCc1cccs1)OC1C(O)C=C2CCN3Cc4cc5c(cc4C1C23)OCO5. The summed E-state index contributed by atoms with van der Waals surface area (Å²) in [5.74, 6) is 3.66. The van der Waals surface area contributed by atoms with Crippen molar-refractivity contribution in [3.8, 4) is 46.0 Å². The number of aromatic nitrogens is 1. The molecule has 130 heavy (non-hydrogen) atoms. The lowest BCUT2D eigenvalue weighted by molar-refractivity contribution is -0.158. The smallest absolute Gasteiger partial charge is 0.308 e. The number of aliphatic hydroxyl groups is 4. The van der Waals surface area contributed by atoms with Crippen molar-refractivity contribution in [3.05, 3.63) is 258 Å². The summed E-state index contributed by atoms with van der Waals surface area (Å²) in [7, 11) is 0. The second-order valence-corrected chi connectivity index (χ2v) is 37.2. The maximum atomic E-state index is 13.0. The van der Waals surface area contributed by atoms with E-state index >= 15 is 0 Å². The molecule has 13 aliphatic heterocycles. The first-order chi connectivity index (χ1) is 63.5. The van der Waals surface area contributed by atoms with Gasteiger partial charge < -0.3 is 86.7 Å². The molecule has 4 aliphatic carbocycles. The van der Waals surface area contributed by atoms with Gasteiger partial charge in [-0.1, -0.05) is 83.0 Å². The Labute approximate surface area is 750 Å². The number of ether oxygens (including phenoxy) is 12. The van der Waals surface area contributed by atoms with Gasteiger partial charge in [-0.25, -0.2) is 0 Å². The quantitative estimate of drug-likeness (QED) is 0.0260. The number of hydrogen-bond donors (Lipinski definition) is 5. The first-order valence-corrected chi connectivity index (χ1v) is 45.9. The number of carbonyl (C=O) groups excluding carboxylic acids is 6. The maximum absolute atomic E-state index is 13.0. The average molecular weight is 1780 g/mol. The number of thiophene rings is 1. The summed E-state index contributed by atoms with van der Waals surface area (Å²) in [4.78, 5) is 91.8. The molecular weight excluding hydrogens is 1690 g/mol. The number of aliphatic hydroxyl groups excluding tert-OH is 4. The lowest BCUT2D eigenvalue weighted by atomic mass is 9.73. The molecule has 6 aromatic carbocycles. The fraction of sp³-hybridized carbons (Fsp3) is 0.400. The number of amides is 2. The predicted molar refractivity (Wildman–Crippen MR) is 465 cm³/mol. The Bertz CT molecular complexity index is 5980. The van der Waals surface area contributed by atoms with Gasteiger partial charge in [-0.2, -0.15) is 0 Å². The summed E-state index contributed by atoms with van der Waals surface area (Å²) >= 11 is 1.64. The van der Waals surface area contributed by atoms with E-state index in [1.165, 1.54) is 16.7 Å². The lowest BCUT2D eigenvalue weighted by Crippen LogP contribution is -2.51. The standard InChI is InChI=1S/C27H24N2O7.C27H26N2O5.C23H23NO6.C23H23NO5S/c30-19-9-14-5-7-28-12-15-10-20-21(35-13-34-20)11-18(15)23(24(14)28)25(19)36-22(31)6-8-29-26(32)16-3-1-2-4-17(16)27(29)33;30-21-9-15-7-8-29-13-17-10-22-23(33-14-32-22)11-19(17)25(26(15)29)27(21)34-24(31)6-5-16-12-28-20-4-2-1-3-18(16)20;25-17-8-13-5-6-24-11-14-9-18-19(29-12-28-18)10-16(14)21(22(13)24)23(17)30-20(26)4-3-15-2-1-7-27-15;25-17-8-13-5-6-24-11-14-9-18-19(28-12-27-18)10-16(14)21(22(13)24)23(17)29-20(26)4-3-15-2-1-7-30-15/h1-4,9-11,19,23-25,30H,5-8,12-13H2;1-4,9-12,21,25-28,30H,5-8,13-14H2;2*1-2,7-10,17,21-23,25H,3-6,11-12H2. The molecule has 0 bridgehead atoms. The summed E-state index contributed by atoms with van der Waals surface area (Å²) in [6.07, 6.45) is 11.0. The van der Waals surface area contributed by atoms with E-state index in [1.54, 1.807) is 47.9 Å². The van der Waals surface area contributed by atoms with Gasteiger partial charge >= 0.3 is 23.9 Å². The zero-order valence-corrected chi connectivity index (χ0v) is 71.8. The number of aromatic amines is 1. The molecule has 0 radical (unpaired) electrons. The molecule has 9 aromatic rings. The molecule has 16 unspecified atom stereocenters. The number of para-hydroxylation sites is 1. The Morgan fingerprint density at radius 2 is 0.769 bits per heavy atom. The van der Waals surface area contributed by atoms with Crippen molar-refractivity contribution >= 4 is 57.9 Å². The van der Waals surface area contributed by atoms with Crippen LogP contribution in [-0.2, 0) is 83.6 Å². The monoisotopic (exact) mass is 1780 g/mol. The summed E-state index contributed by atoms with van der Waals surface area (Å²) < 4.78 is 73.9. The van der Waals surface area contributed by atoms with Crippen molar-refractivity contribution in [3.63, 3.8) is 0 Å². The number of carbonyl (C=O) groups is 6. The van der Waals surface area contributed by atoms with Crippen molar-refractivity contribution in [2.45, 2.75) is 193 Å². The van der Waals surface area contributed by atoms with Crippen LogP contribution in [0.2, 0.25) is 0 Å². The molecule has 670 valence electrons. The van der Waals surface area contributed by atoms with Crippen molar-refractivity contribution in [2.75, 3.05) is 59.9 Å². The Hall–Kier alpha value is -12.1. The van der Waals surface area contributed by atoms with E-state index in [4.69, 9.17) is 61.3 Å². The van der Waals surface area contributed by atoms with E-state index in [9.17, 15) is 49.2 Å². The summed E-state index contributed by atoms with van der Waals surface area (Å²) in [6.45, 7) is 7.67. The van der Waals surface area contributed by atoms with Crippen LogP contribution in [0.15, 0.2) is 190 Å². The predicted octanol–water partition coefficient (Wildman–Crippen LogP) is 10.9. The first kappa shape index (κ1) is 82.3. The van der Waals surface area contributed by atoms with Gasteiger partial charge in [0, 0.05) is 142 Å². The van der Waals surface area contributed by atoms with Crippen LogP contribution in [0.25, 0.3) is 10.9 Å². The molecule has 4 saturated heterocycles. The number of aryl methyl sites for hydroxylation is 3. The zero-order chi connectivity index (χ0) is 87.8. The average Bonchev–Trinajstić information content (AvgIpc) is 1.53. The molecule has 26 rings (SSSR count). The Morgan fingerprint density at radius 1 is 0.408 bits per heavy atom. The van der Waals surface area contributed by atoms with Crippen molar-refractivity contribution < 1.29 is 110 Å². The molecule has 0 saturated carbocycles. The van der Waals surface area contributed by atoms with E-state index in [0.717, 1.165) is 189 Å². The minimum absolute atomic E-state index is 0.0373. The maximum Gasteiger partial charge on any atom is 0.308 e. The van der Waals surface area contributed by atoms with Crippen LogP contribution in [0.5, 0.6) is 46.0 Å². The number of nitrogens with zero attached hydrogens (tertiary/aromatic N) is 5. The van der Waals surface area contributed by atoms with E-state index in [-0.39, 0.29) is 119 Å². The number of nitrogens with one attached hydrogen (secondary N) is 1. The molecule has 17 aliphatic rings. The third kappa shape index (κ3) is 14.9. The molecule has 29 nitrogen and oxygen atoms in total. The highest BCUT2D eigenvalue weighted by Crippen LogP contribution is 2.56. The largest absolute Gasteiger partial charge is 0.469 e. The van der Waals surface area contributed by atoms with Crippen LogP contribution in [-0.4, -0.2) is 218 Å². The molecule has 5 N–H and O–H groups in total. The molecule has 2 amide bonds. The fourth-order valence-corrected chi connectivity index (χ4v) is 24.0. The fourth-order valence-electron chi connectivity index (χ4n) is 23.3. The lowest BCUT2D eigenvalue weighted by Gasteiger charge is -2.45. The first-order valence-electron chi connectivity index (χ1n) is 45.0. The normalized spacial score (nSPS) is 27.8. The third-order valence-electron chi connectivity index (χ3n) is 29.0. The van der Waals surface area contributed by atoms with Gasteiger partial charge in [-0.05, 0) is 179 Å². The number of H-pyrrole nitrogens is 1. The Balaban J connectivity index is 0.0000000990. The number of rotatable bonds is 16. The van der Waals surface area contributed by atoms with Crippen molar-refractivity contribution in [1.82, 2.24) is 29.5 Å². The highest BCUT2D eigenvalue weighted by atomic mass is 32.1. The topological polar surface area (TPSA) is 339 Å². The summed E-state index contributed by atoms with van der Waals surface area (Å²) in [5.41, 5.74) is 16.5. The number of furan rings is 1. The van der Waals surface area contributed by atoms with E-state index < -0.39 is 66.6 Å². The van der Waals surface area contributed by atoms with Crippen molar-refractivity contribution in [2.24, 2.45) is 0 Å². The van der Waals surface area contributed by atoms with Gasteiger partial charge in [0.25, 0.3) is 11.8 Å². The van der Waals surface area contributed by atoms with Crippen LogP contribution in [0, 0.1) is 0 Å². The Kier molecular flexibility index (Phi) is 21.3. The van der Waals surface area contributed by atoms with Crippen LogP contribution in [0.3, 0.4) is 0 Å². The zero-order valence-electron chi connectivity index (χ0n) is 71.0. The van der Waals surface area contributed by atoms with Crippen LogP contribution in [0.4, 0.5) is 0 Å². The van der Waals surface area contributed by atoms with Gasteiger partial charge in [0.15, 0.2) is 46.0 Å². The molecule has 4 fully saturated rings. The summed E-state index contributed by atoms with van der Waals surface area (Å²) in [6, 6.07) is 39.0. The highest BCUT2D eigenvalue weighted by Gasteiger charge is 2.56. The van der Waals surface area contributed by atoms with E-state index in [2.05, 4.69) is 30.6 Å². The number of fused-ring (bicyclic) bond motifs is 14. The van der Waals surface area contributed by atoms with Gasteiger partial charge in [-0.3, -0.25) is 53.3 Å². The second-order valence-electron chi connectivity index (χ2n) is 36.2. The van der Waals surface area contributed by atoms with Gasteiger partial charge in [0.05, 0.1) is 36.7 Å². The van der Waals surface area contributed by atoms with Gasteiger partial charge in [0.2, 0.25) is 27.2 Å². The van der Waals surface area contributed by atoms with Crippen LogP contribution in [0.1, 0.15) is 156 Å². The third-order valence-corrected chi connectivity index (χ3v) is 30.0. The second kappa shape index (κ2) is 33.7. The molecule has 30 heteroatoms. The molecule has 0 spiro atoms. The van der Waals surface area contributed by atoms with Crippen LogP contribution >= 0.6 is 11.3 Å². The van der Waals surface area contributed by atoms with E-state index in [0.29, 0.717) is 54.1 Å². The van der Waals surface area contributed by atoms with E-state index in [1.807, 2.05) is 121 Å². The minimum Gasteiger partial charge on any atom is -0.469 e. The molecular formula is C100H96N6O23S. The Morgan fingerprint density at radius 3 is 1.15 bits per heavy atom. The molecule has 3 aromatic heterocycles. The number of hydrogen-bond acceptors (Lipinski definition) is 28. The van der Waals surface area contributed by atoms with Crippen LogP contribution < -0.4 is 37.9 Å². The minimum atomic E-state index is -0.958. The molecule has 16 heterocycles. The highest BCUT2D eigenvalue weighted by molar-refractivity contribution is 7.09. The van der Waals surface area contributed by atoms with Gasteiger partial charge in [-0.15, -0.1) is 11.3 Å².